The summed E-state index contributed by atoms with van der Waals surface area (Å²) in [6.07, 6.45) is -3.04. The van der Waals surface area contributed by atoms with Crippen molar-refractivity contribution in [3.8, 4) is 11.3 Å². The Kier molecular flexibility index (Phi) is 4.23. The predicted octanol–water partition coefficient (Wildman–Crippen LogP) is 4.78. The number of aromatic nitrogens is 3. The highest BCUT2D eigenvalue weighted by molar-refractivity contribution is 6.05. The molecule has 1 amide bonds. The van der Waals surface area contributed by atoms with Gasteiger partial charge in [-0.1, -0.05) is 35.5 Å². The topological polar surface area (TPSA) is 64.2 Å². The standard InChI is InChI=1S/C21H19F3N4O2/c1-12-9-19-27(16(13-7-8-13)11-18(21(22,23)24)28(19)25-12)20(29)15-10-17(30-26-15)14-5-3-2-4-6-14/h2-6,9-10,13,16,18H,7-8,11H2,1H3/t16-,18+/m1/s1. The smallest absolute Gasteiger partial charge is 0.355 e. The summed E-state index contributed by atoms with van der Waals surface area (Å²) in [5.41, 5.74) is 1.26. The second-order valence-corrected chi connectivity index (χ2v) is 7.90. The molecule has 0 radical (unpaired) electrons. The summed E-state index contributed by atoms with van der Waals surface area (Å²) in [5.74, 6) is 0.159. The zero-order valence-electron chi connectivity index (χ0n) is 16.1. The van der Waals surface area contributed by atoms with Gasteiger partial charge in [0.05, 0.1) is 5.69 Å². The Labute approximate surface area is 170 Å². The Hall–Kier alpha value is -3.10. The largest absolute Gasteiger partial charge is 0.410 e. The minimum atomic E-state index is -4.44. The van der Waals surface area contributed by atoms with E-state index in [1.807, 2.05) is 30.3 Å². The molecule has 6 nitrogen and oxygen atoms in total. The summed E-state index contributed by atoms with van der Waals surface area (Å²) < 4.78 is 47.5. The van der Waals surface area contributed by atoms with E-state index in [4.69, 9.17) is 4.52 Å². The van der Waals surface area contributed by atoms with Crippen LogP contribution in [0.2, 0.25) is 0 Å². The van der Waals surface area contributed by atoms with Gasteiger partial charge in [0.15, 0.2) is 17.5 Å². The molecular weight excluding hydrogens is 397 g/mol. The number of carbonyl (C=O) groups is 1. The molecule has 0 bridgehead atoms. The number of nitrogens with zero attached hydrogens (tertiary/aromatic N) is 4. The second kappa shape index (κ2) is 6.72. The van der Waals surface area contributed by atoms with Gasteiger partial charge in [0, 0.05) is 23.7 Å². The third-order valence-electron chi connectivity index (χ3n) is 5.73. The summed E-state index contributed by atoms with van der Waals surface area (Å²) in [4.78, 5) is 14.8. The number of rotatable bonds is 3. The summed E-state index contributed by atoms with van der Waals surface area (Å²) in [6, 6.07) is 9.97. The Bertz CT molecular complexity index is 1090. The normalized spacial score (nSPS) is 21.5. The van der Waals surface area contributed by atoms with Crippen LogP contribution in [0.15, 0.2) is 47.0 Å². The molecular formula is C21H19F3N4O2. The van der Waals surface area contributed by atoms with Crippen LogP contribution in [0.4, 0.5) is 19.0 Å². The molecule has 0 unspecified atom stereocenters. The SMILES string of the molecule is Cc1cc2n(n1)[C@H](C(F)(F)F)C[C@H](C1CC1)N2C(=O)c1cc(-c2ccccc2)on1. The van der Waals surface area contributed by atoms with Crippen LogP contribution in [0.5, 0.6) is 0 Å². The van der Waals surface area contributed by atoms with Gasteiger partial charge in [0.2, 0.25) is 0 Å². The summed E-state index contributed by atoms with van der Waals surface area (Å²) in [6.45, 7) is 1.62. The number of hydrogen-bond donors (Lipinski definition) is 0. The van der Waals surface area contributed by atoms with Crippen molar-refractivity contribution >= 4 is 11.7 Å². The number of fused-ring (bicyclic) bond motifs is 1. The lowest BCUT2D eigenvalue weighted by molar-refractivity contribution is -0.174. The van der Waals surface area contributed by atoms with Gasteiger partial charge in [0.25, 0.3) is 5.91 Å². The molecule has 30 heavy (non-hydrogen) atoms. The van der Waals surface area contributed by atoms with Crippen molar-refractivity contribution in [1.82, 2.24) is 14.9 Å². The first-order chi connectivity index (χ1) is 14.3. The number of carbonyl (C=O) groups excluding carboxylic acids is 1. The highest BCUT2D eigenvalue weighted by Crippen LogP contribution is 2.48. The van der Waals surface area contributed by atoms with Crippen LogP contribution < -0.4 is 4.90 Å². The first-order valence-electron chi connectivity index (χ1n) is 9.81. The average Bonchev–Trinajstić information content (AvgIpc) is 3.30. The van der Waals surface area contributed by atoms with Gasteiger partial charge in [-0.2, -0.15) is 18.3 Å². The van der Waals surface area contributed by atoms with Crippen molar-refractivity contribution in [2.24, 2.45) is 5.92 Å². The number of hydrogen-bond acceptors (Lipinski definition) is 4. The Morgan fingerprint density at radius 3 is 2.57 bits per heavy atom. The van der Waals surface area contributed by atoms with E-state index in [-0.39, 0.29) is 23.9 Å². The van der Waals surface area contributed by atoms with E-state index < -0.39 is 24.2 Å². The number of amides is 1. The molecule has 2 atom stereocenters. The maximum atomic E-state index is 13.7. The van der Waals surface area contributed by atoms with E-state index in [1.54, 1.807) is 6.92 Å². The van der Waals surface area contributed by atoms with Crippen LogP contribution in [-0.4, -0.2) is 33.1 Å². The van der Waals surface area contributed by atoms with Crippen LogP contribution in [0.3, 0.4) is 0 Å². The number of alkyl halides is 3. The lowest BCUT2D eigenvalue weighted by Gasteiger charge is -2.40. The molecule has 0 N–H and O–H groups in total. The maximum Gasteiger partial charge on any atom is 0.410 e. The number of aryl methyl sites for hydroxylation is 1. The molecule has 1 aliphatic heterocycles. The van der Waals surface area contributed by atoms with Crippen LogP contribution in [0.1, 0.15) is 41.5 Å². The lowest BCUT2D eigenvalue weighted by Crippen LogP contribution is -2.50. The van der Waals surface area contributed by atoms with Crippen molar-refractivity contribution in [3.05, 3.63) is 53.9 Å². The number of benzene rings is 1. The molecule has 156 valence electrons. The third kappa shape index (κ3) is 3.18. The average molecular weight is 416 g/mol. The van der Waals surface area contributed by atoms with Crippen LogP contribution >= 0.6 is 0 Å². The molecule has 0 spiro atoms. The molecule has 1 aliphatic carbocycles. The van der Waals surface area contributed by atoms with Crippen molar-refractivity contribution < 1.29 is 22.5 Å². The highest BCUT2D eigenvalue weighted by Gasteiger charge is 2.53. The van der Waals surface area contributed by atoms with Crippen LogP contribution in [-0.2, 0) is 0 Å². The molecule has 1 fully saturated rings. The van der Waals surface area contributed by atoms with Crippen molar-refractivity contribution in [2.45, 2.75) is 44.4 Å². The van der Waals surface area contributed by atoms with Gasteiger partial charge >= 0.3 is 6.18 Å². The second-order valence-electron chi connectivity index (χ2n) is 7.90. The van der Waals surface area contributed by atoms with E-state index in [9.17, 15) is 18.0 Å². The molecule has 3 aromatic rings. The van der Waals surface area contributed by atoms with E-state index in [2.05, 4.69) is 10.3 Å². The van der Waals surface area contributed by atoms with Crippen LogP contribution in [0.25, 0.3) is 11.3 Å². The highest BCUT2D eigenvalue weighted by atomic mass is 19.4. The Morgan fingerprint density at radius 1 is 1.17 bits per heavy atom. The Morgan fingerprint density at radius 2 is 1.90 bits per heavy atom. The first kappa shape index (κ1) is 18.9. The minimum Gasteiger partial charge on any atom is -0.355 e. The van der Waals surface area contributed by atoms with Crippen molar-refractivity contribution in [1.29, 1.82) is 0 Å². The molecule has 5 rings (SSSR count). The number of halogens is 3. The summed E-state index contributed by atoms with van der Waals surface area (Å²) in [7, 11) is 0. The van der Waals surface area contributed by atoms with Crippen LogP contribution in [0, 0.1) is 12.8 Å². The molecule has 2 aromatic heterocycles. The molecule has 2 aliphatic rings. The van der Waals surface area contributed by atoms with Crippen molar-refractivity contribution in [3.63, 3.8) is 0 Å². The summed E-state index contributed by atoms with van der Waals surface area (Å²) in [5, 5.41) is 7.96. The van der Waals surface area contributed by atoms with E-state index in [1.165, 1.54) is 17.0 Å². The minimum absolute atomic E-state index is 0.0447. The predicted molar refractivity (Wildman–Crippen MR) is 102 cm³/mol. The molecule has 9 heteroatoms. The summed E-state index contributed by atoms with van der Waals surface area (Å²) >= 11 is 0. The quantitative estimate of drug-likeness (QED) is 0.617. The van der Waals surface area contributed by atoms with Gasteiger partial charge < -0.3 is 4.52 Å². The molecule has 1 aromatic carbocycles. The van der Waals surface area contributed by atoms with Gasteiger partial charge in [-0.05, 0) is 32.1 Å². The fourth-order valence-electron chi connectivity index (χ4n) is 4.17. The third-order valence-corrected chi connectivity index (χ3v) is 5.73. The van der Waals surface area contributed by atoms with Gasteiger partial charge in [-0.3, -0.25) is 9.69 Å². The van der Waals surface area contributed by atoms with Gasteiger partial charge in [-0.15, -0.1) is 0 Å². The van der Waals surface area contributed by atoms with Gasteiger partial charge in [0.1, 0.15) is 5.82 Å². The first-order valence-corrected chi connectivity index (χ1v) is 9.81. The Balaban J connectivity index is 1.55. The van der Waals surface area contributed by atoms with E-state index in [0.717, 1.165) is 23.1 Å². The zero-order chi connectivity index (χ0) is 21.0. The monoisotopic (exact) mass is 416 g/mol. The fourth-order valence-corrected chi connectivity index (χ4v) is 4.17. The van der Waals surface area contributed by atoms with Crippen molar-refractivity contribution in [2.75, 3.05) is 4.90 Å². The molecule has 0 saturated heterocycles. The fraction of sp³-hybridized carbons (Fsp3) is 0.381. The maximum absolute atomic E-state index is 13.7. The zero-order valence-corrected chi connectivity index (χ0v) is 16.1. The lowest BCUT2D eigenvalue weighted by atomic mass is 9.97. The van der Waals surface area contributed by atoms with E-state index >= 15 is 0 Å². The molecule has 1 saturated carbocycles. The number of anilines is 1. The molecule has 3 heterocycles. The van der Waals surface area contributed by atoms with E-state index in [0.29, 0.717) is 11.5 Å². The van der Waals surface area contributed by atoms with Gasteiger partial charge in [-0.25, -0.2) is 4.68 Å².